The van der Waals surface area contributed by atoms with Gasteiger partial charge < -0.3 is 29.3 Å². The van der Waals surface area contributed by atoms with Gasteiger partial charge in [0.25, 0.3) is 0 Å². The first-order chi connectivity index (χ1) is 24.9. The Kier molecular flexibility index (Phi) is 8.71. The summed E-state index contributed by atoms with van der Waals surface area (Å²) in [6.45, 7) is 12.9. The van der Waals surface area contributed by atoms with Crippen molar-refractivity contribution in [3.63, 3.8) is 0 Å². The fourth-order valence-corrected chi connectivity index (χ4v) is 8.64. The molecule has 4 aliphatic rings. The second-order valence-corrected chi connectivity index (χ2v) is 16.3. The summed E-state index contributed by atoms with van der Waals surface area (Å²) < 4.78 is 22.6. The number of carbonyl (C=O) groups excluding carboxylic acids is 2. The number of likely N-dealkylation sites (tertiary alicyclic amines) is 2. The van der Waals surface area contributed by atoms with E-state index in [0.717, 1.165) is 53.8 Å². The lowest BCUT2D eigenvalue weighted by molar-refractivity contribution is -0.126. The minimum absolute atomic E-state index is 0.106. The van der Waals surface area contributed by atoms with Crippen molar-refractivity contribution >= 4 is 40.2 Å². The molecular formula is C40H49FN8O3. The first kappa shape index (κ1) is 34.5. The first-order valence-electron chi connectivity index (χ1n) is 18.9. The molecule has 4 aromatic rings. The van der Waals surface area contributed by atoms with Crippen LogP contribution in [0.2, 0.25) is 0 Å². The molecule has 0 unspecified atom stereocenters. The number of pyridine rings is 2. The minimum atomic E-state index is -0.707. The van der Waals surface area contributed by atoms with E-state index in [0.29, 0.717) is 43.5 Å². The van der Waals surface area contributed by atoms with Crippen LogP contribution in [-0.2, 0) is 14.9 Å². The molecule has 0 atom stereocenters. The predicted molar refractivity (Wildman–Crippen MR) is 199 cm³/mol. The van der Waals surface area contributed by atoms with Gasteiger partial charge in [-0.1, -0.05) is 18.6 Å². The van der Waals surface area contributed by atoms with Gasteiger partial charge in [0.1, 0.15) is 11.1 Å². The lowest BCUT2D eigenvalue weighted by atomic mass is 9.73. The van der Waals surface area contributed by atoms with Gasteiger partial charge >= 0.3 is 6.09 Å². The molecule has 11 nitrogen and oxygen atoms in total. The summed E-state index contributed by atoms with van der Waals surface area (Å²) in [7, 11) is 0. The number of nitrogens with one attached hydrogen (secondary N) is 1. The molecule has 6 heterocycles. The SMILES string of the molecule is CC(C)n1cnc2cc(-c3ccc4c(c3)N(C3CC(N5CCCCC5)C3)C(=O)C43CCN(C(=O)OC(C)(C)C)CC3)nc(Nc3ccncc3F)c21. The molecule has 1 aliphatic carbocycles. The second-order valence-electron chi connectivity index (χ2n) is 16.3. The van der Waals surface area contributed by atoms with E-state index in [1.165, 1.54) is 25.5 Å². The number of hydrogen-bond acceptors (Lipinski definition) is 8. The van der Waals surface area contributed by atoms with Gasteiger partial charge in [0, 0.05) is 48.7 Å². The van der Waals surface area contributed by atoms with Gasteiger partial charge in [0.15, 0.2) is 11.6 Å². The first-order valence-corrected chi connectivity index (χ1v) is 18.9. The maximum absolute atomic E-state index is 14.8. The van der Waals surface area contributed by atoms with Gasteiger partial charge in [-0.05, 0) is 110 Å². The second kappa shape index (κ2) is 13.1. The van der Waals surface area contributed by atoms with Crippen molar-refractivity contribution in [2.45, 2.75) is 109 Å². The van der Waals surface area contributed by atoms with Gasteiger partial charge in [-0.3, -0.25) is 9.78 Å². The Bertz CT molecular complexity index is 2000. The molecule has 1 aromatic carbocycles. The largest absolute Gasteiger partial charge is 0.444 e. The van der Waals surface area contributed by atoms with Gasteiger partial charge in [0.2, 0.25) is 5.91 Å². The Morgan fingerprint density at radius 1 is 1.02 bits per heavy atom. The van der Waals surface area contributed by atoms with Crippen LogP contribution in [-0.4, -0.2) is 85.2 Å². The number of benzene rings is 1. The topological polar surface area (TPSA) is 109 Å². The number of nitrogens with zero attached hydrogens (tertiary/aromatic N) is 7. The molecule has 2 saturated heterocycles. The van der Waals surface area contributed by atoms with Gasteiger partial charge in [0.05, 0.1) is 34.8 Å². The number of halogens is 1. The molecule has 12 heteroatoms. The zero-order valence-electron chi connectivity index (χ0n) is 30.9. The molecule has 52 heavy (non-hydrogen) atoms. The zero-order valence-corrected chi connectivity index (χ0v) is 30.9. The molecule has 0 bridgehead atoms. The smallest absolute Gasteiger partial charge is 0.410 e. The standard InChI is InChI=1S/C40H49FN8O3/c1-25(2)48-24-43-33-22-32(45-36(35(33)48)44-31-11-14-42-23-30(31)41)26-9-10-29-34(19-26)49(28-20-27(21-28)46-15-7-6-8-16-46)37(50)40(29)12-17-47(18-13-40)38(51)52-39(3,4)5/h9-11,14,19,22-25,27-28H,6-8,12-13,15-18,20-21H2,1-5H3,(H,42,44,45). The Morgan fingerprint density at radius 2 is 1.77 bits per heavy atom. The number of hydrogen-bond donors (Lipinski definition) is 1. The summed E-state index contributed by atoms with van der Waals surface area (Å²) >= 11 is 0. The van der Waals surface area contributed by atoms with Crippen molar-refractivity contribution in [2.24, 2.45) is 0 Å². The van der Waals surface area contributed by atoms with E-state index >= 15 is 0 Å². The van der Waals surface area contributed by atoms with E-state index in [1.807, 2.05) is 37.5 Å². The van der Waals surface area contributed by atoms with Crippen LogP contribution in [0.4, 0.5) is 26.4 Å². The van der Waals surface area contributed by atoms with Gasteiger partial charge in [-0.15, -0.1) is 0 Å². The molecule has 0 radical (unpaired) electrons. The predicted octanol–water partition coefficient (Wildman–Crippen LogP) is 7.59. The van der Waals surface area contributed by atoms with Crippen molar-refractivity contribution in [1.82, 2.24) is 29.3 Å². The maximum Gasteiger partial charge on any atom is 0.410 e. The van der Waals surface area contributed by atoms with Crippen molar-refractivity contribution < 1.29 is 18.7 Å². The number of rotatable bonds is 6. The molecule has 3 fully saturated rings. The van der Waals surface area contributed by atoms with Crippen LogP contribution in [0, 0.1) is 5.82 Å². The maximum atomic E-state index is 14.8. The summed E-state index contributed by atoms with van der Waals surface area (Å²) in [6.07, 6.45) is 11.0. The fraction of sp³-hybridized carbons (Fsp3) is 0.525. The van der Waals surface area contributed by atoms with Gasteiger partial charge in [-0.2, -0.15) is 0 Å². The van der Waals surface area contributed by atoms with E-state index in [1.54, 1.807) is 23.5 Å². The van der Waals surface area contributed by atoms with E-state index in [4.69, 9.17) is 14.7 Å². The summed E-state index contributed by atoms with van der Waals surface area (Å²) in [4.78, 5) is 48.0. The highest BCUT2D eigenvalue weighted by Gasteiger charge is 2.56. The average Bonchev–Trinajstić information content (AvgIpc) is 3.63. The van der Waals surface area contributed by atoms with Crippen molar-refractivity contribution in [3.8, 4) is 11.3 Å². The van der Waals surface area contributed by atoms with E-state index < -0.39 is 16.8 Å². The number of anilines is 3. The van der Waals surface area contributed by atoms with Crippen LogP contribution in [0.3, 0.4) is 0 Å². The van der Waals surface area contributed by atoms with Crippen molar-refractivity contribution in [3.05, 3.63) is 60.4 Å². The highest BCUT2D eigenvalue weighted by Crippen LogP contribution is 2.52. The number of imidazole rings is 1. The number of piperidine rings is 2. The van der Waals surface area contributed by atoms with Crippen LogP contribution in [0.1, 0.15) is 91.2 Å². The third-order valence-electron chi connectivity index (χ3n) is 11.5. The molecular weight excluding hydrogens is 659 g/mol. The van der Waals surface area contributed by atoms with E-state index in [-0.39, 0.29) is 29.8 Å². The van der Waals surface area contributed by atoms with Crippen molar-refractivity contribution in [2.75, 3.05) is 36.4 Å². The Hall–Kier alpha value is -4.58. The third-order valence-corrected chi connectivity index (χ3v) is 11.5. The Balaban J connectivity index is 1.16. The zero-order chi connectivity index (χ0) is 36.4. The fourth-order valence-electron chi connectivity index (χ4n) is 8.64. The lowest BCUT2D eigenvalue weighted by Gasteiger charge is -2.48. The Labute approximate surface area is 304 Å². The molecule has 1 N–H and O–H groups in total. The van der Waals surface area contributed by atoms with Crippen LogP contribution in [0.15, 0.2) is 49.1 Å². The highest BCUT2D eigenvalue weighted by atomic mass is 19.1. The normalized spacial score (nSPS) is 21.9. The molecule has 2 amide bonds. The summed E-state index contributed by atoms with van der Waals surface area (Å²) in [5.41, 5.74) is 3.97. The molecule has 1 saturated carbocycles. The van der Waals surface area contributed by atoms with Gasteiger partial charge in [-0.25, -0.2) is 19.2 Å². The summed E-state index contributed by atoms with van der Waals surface area (Å²) in [6, 6.07) is 10.5. The monoisotopic (exact) mass is 708 g/mol. The number of aromatic nitrogens is 4. The quantitative estimate of drug-likeness (QED) is 0.218. The molecule has 1 spiro atoms. The minimum Gasteiger partial charge on any atom is -0.444 e. The third kappa shape index (κ3) is 6.08. The van der Waals surface area contributed by atoms with Crippen LogP contribution < -0.4 is 10.2 Å². The number of carbonyl (C=O) groups is 2. The molecule has 3 aromatic heterocycles. The number of ether oxygens (including phenoxy) is 1. The van der Waals surface area contributed by atoms with Crippen LogP contribution in [0.5, 0.6) is 0 Å². The number of amides is 2. The van der Waals surface area contributed by atoms with E-state index in [9.17, 15) is 14.0 Å². The molecule has 8 rings (SSSR count). The highest BCUT2D eigenvalue weighted by molar-refractivity contribution is 6.09. The molecule has 274 valence electrons. The summed E-state index contributed by atoms with van der Waals surface area (Å²) in [5, 5.41) is 3.22. The van der Waals surface area contributed by atoms with E-state index in [2.05, 4.69) is 46.1 Å². The lowest BCUT2D eigenvalue weighted by Crippen LogP contribution is -2.58. The number of fused-ring (bicyclic) bond motifs is 3. The summed E-state index contributed by atoms with van der Waals surface area (Å²) in [5.74, 6) is 0.156. The molecule has 3 aliphatic heterocycles. The van der Waals surface area contributed by atoms with Crippen molar-refractivity contribution in [1.29, 1.82) is 0 Å². The average molecular weight is 709 g/mol. The van der Waals surface area contributed by atoms with Crippen LogP contribution in [0.25, 0.3) is 22.3 Å². The Morgan fingerprint density at radius 3 is 2.46 bits per heavy atom. The van der Waals surface area contributed by atoms with Crippen LogP contribution >= 0.6 is 0 Å².